The van der Waals surface area contributed by atoms with Crippen molar-refractivity contribution in [3.63, 3.8) is 0 Å². The Balaban J connectivity index is 2.25. The van der Waals surface area contributed by atoms with Crippen LogP contribution >= 0.6 is 0 Å². The van der Waals surface area contributed by atoms with Crippen LogP contribution in [0, 0.1) is 5.92 Å². The highest BCUT2D eigenvalue weighted by Crippen LogP contribution is 2.33. The molecule has 0 aliphatic carbocycles. The minimum atomic E-state index is -1.18. The van der Waals surface area contributed by atoms with Gasteiger partial charge in [-0.1, -0.05) is 13.8 Å². The van der Waals surface area contributed by atoms with E-state index < -0.39 is 49.1 Å². The first-order valence-corrected chi connectivity index (χ1v) is 9.40. The Morgan fingerprint density at radius 1 is 1.04 bits per heavy atom. The third-order valence-corrected chi connectivity index (χ3v) is 5.41. The van der Waals surface area contributed by atoms with Gasteiger partial charge in [0.1, 0.15) is 24.4 Å². The van der Waals surface area contributed by atoms with Crippen LogP contribution in [-0.4, -0.2) is 85.6 Å². The van der Waals surface area contributed by atoms with Crippen molar-refractivity contribution >= 4 is 5.91 Å². The topological polar surface area (TPSA) is 116 Å². The first kappa shape index (κ1) is 22.5. The minimum Gasteiger partial charge on any atom is -0.388 e. The van der Waals surface area contributed by atoms with E-state index in [1.54, 1.807) is 6.92 Å². The number of carbonyl (C=O) groups excluding carboxylic acids is 1. The Hall–Kier alpha value is -0.810. The number of aliphatic hydroxyl groups is 2. The fraction of sp³-hybridized carbons (Fsp3) is 0.944. The monoisotopic (exact) mass is 391 g/mol. The molecule has 0 aromatic carbocycles. The molecular formula is C18H33NO8. The summed E-state index contributed by atoms with van der Waals surface area (Å²) in [7, 11) is 2.92. The lowest BCUT2D eigenvalue weighted by Crippen LogP contribution is -2.65. The summed E-state index contributed by atoms with van der Waals surface area (Å²) in [6.07, 6.45) is -5.24. The molecular weight excluding hydrogens is 358 g/mol. The number of carbonyl (C=O) groups is 1. The Labute approximate surface area is 160 Å². The van der Waals surface area contributed by atoms with E-state index >= 15 is 0 Å². The lowest BCUT2D eigenvalue weighted by molar-refractivity contribution is -0.333. The second kappa shape index (κ2) is 9.60. The van der Waals surface area contributed by atoms with Crippen LogP contribution in [0.1, 0.15) is 34.1 Å². The zero-order valence-corrected chi connectivity index (χ0v) is 16.8. The van der Waals surface area contributed by atoms with E-state index in [9.17, 15) is 15.0 Å². The van der Waals surface area contributed by atoms with Crippen molar-refractivity contribution in [2.75, 3.05) is 14.2 Å². The Bertz CT molecular complexity index is 492. The second-order valence-electron chi connectivity index (χ2n) is 7.26. The van der Waals surface area contributed by atoms with Crippen molar-refractivity contribution in [3.8, 4) is 0 Å². The number of aliphatic hydroxyl groups excluding tert-OH is 2. The normalized spacial score (nSPS) is 45.5. The van der Waals surface area contributed by atoms with Crippen molar-refractivity contribution in [2.45, 2.75) is 89.4 Å². The van der Waals surface area contributed by atoms with Crippen molar-refractivity contribution in [1.82, 2.24) is 5.32 Å². The third kappa shape index (κ3) is 4.79. The summed E-state index contributed by atoms with van der Waals surface area (Å²) in [5, 5.41) is 23.5. The highest BCUT2D eigenvalue weighted by Gasteiger charge is 2.50. The highest BCUT2D eigenvalue weighted by molar-refractivity contribution is 5.73. The predicted molar refractivity (Wildman–Crippen MR) is 94.7 cm³/mol. The van der Waals surface area contributed by atoms with Gasteiger partial charge in [-0.25, -0.2) is 0 Å². The van der Waals surface area contributed by atoms with E-state index in [4.69, 9.17) is 23.7 Å². The zero-order valence-electron chi connectivity index (χ0n) is 16.8. The largest absolute Gasteiger partial charge is 0.388 e. The van der Waals surface area contributed by atoms with Gasteiger partial charge in [0.05, 0.1) is 18.3 Å². The average molecular weight is 391 g/mol. The van der Waals surface area contributed by atoms with E-state index in [2.05, 4.69) is 5.32 Å². The molecule has 158 valence electrons. The quantitative estimate of drug-likeness (QED) is 0.569. The van der Waals surface area contributed by atoms with Gasteiger partial charge >= 0.3 is 0 Å². The Morgan fingerprint density at radius 2 is 1.70 bits per heavy atom. The maximum absolute atomic E-state index is 11.7. The van der Waals surface area contributed by atoms with Gasteiger partial charge in [-0.15, -0.1) is 0 Å². The second-order valence-corrected chi connectivity index (χ2v) is 7.26. The molecule has 2 rings (SSSR count). The van der Waals surface area contributed by atoms with Gasteiger partial charge in [-0.2, -0.15) is 0 Å². The third-order valence-electron chi connectivity index (χ3n) is 5.41. The molecule has 0 bridgehead atoms. The van der Waals surface area contributed by atoms with Crippen LogP contribution in [0.25, 0.3) is 0 Å². The van der Waals surface area contributed by atoms with Crippen LogP contribution in [0.15, 0.2) is 0 Å². The van der Waals surface area contributed by atoms with E-state index in [0.717, 1.165) is 6.42 Å². The van der Waals surface area contributed by atoms with Gasteiger partial charge in [0, 0.05) is 27.1 Å². The van der Waals surface area contributed by atoms with Crippen molar-refractivity contribution < 1.29 is 38.7 Å². The van der Waals surface area contributed by atoms with Crippen molar-refractivity contribution in [3.05, 3.63) is 0 Å². The fourth-order valence-corrected chi connectivity index (χ4v) is 3.88. The van der Waals surface area contributed by atoms with Gasteiger partial charge in [0.2, 0.25) is 5.91 Å². The van der Waals surface area contributed by atoms with Crippen LogP contribution in [-0.2, 0) is 28.5 Å². The SMILES string of the molecule is CCC1O[C@@H](OC)C(NC(C)=O)[C@@H](O[C@@H]2OC(C)[C@@H](O)[C@H](OC)C2O)[C@H]1C. The van der Waals surface area contributed by atoms with E-state index in [-0.39, 0.29) is 17.9 Å². The molecule has 10 atom stereocenters. The van der Waals surface area contributed by atoms with Gasteiger partial charge in [-0.3, -0.25) is 4.79 Å². The van der Waals surface area contributed by atoms with Crippen LogP contribution in [0.5, 0.6) is 0 Å². The van der Waals surface area contributed by atoms with Crippen LogP contribution in [0.3, 0.4) is 0 Å². The predicted octanol–water partition coefficient (Wildman–Crippen LogP) is -0.225. The molecule has 0 aromatic heterocycles. The molecule has 2 heterocycles. The van der Waals surface area contributed by atoms with Crippen molar-refractivity contribution in [2.24, 2.45) is 5.92 Å². The molecule has 2 aliphatic rings. The van der Waals surface area contributed by atoms with E-state index in [0.29, 0.717) is 0 Å². The molecule has 27 heavy (non-hydrogen) atoms. The molecule has 9 heteroatoms. The number of hydrogen-bond donors (Lipinski definition) is 3. The van der Waals surface area contributed by atoms with Crippen LogP contribution < -0.4 is 5.32 Å². The molecule has 2 aliphatic heterocycles. The van der Waals surface area contributed by atoms with E-state index in [1.807, 2.05) is 13.8 Å². The summed E-state index contributed by atoms with van der Waals surface area (Å²) in [4.78, 5) is 11.7. The Kier molecular flexibility index (Phi) is 7.99. The lowest BCUT2D eigenvalue weighted by atomic mass is 9.87. The molecule has 1 amide bonds. The van der Waals surface area contributed by atoms with Crippen molar-refractivity contribution in [1.29, 1.82) is 0 Å². The first-order chi connectivity index (χ1) is 12.7. The molecule has 2 fully saturated rings. The first-order valence-electron chi connectivity index (χ1n) is 9.40. The summed E-state index contributed by atoms with van der Waals surface area (Å²) >= 11 is 0. The molecule has 4 unspecified atom stereocenters. The van der Waals surface area contributed by atoms with Crippen LogP contribution in [0.2, 0.25) is 0 Å². The smallest absolute Gasteiger partial charge is 0.217 e. The number of nitrogens with one attached hydrogen (secondary N) is 1. The zero-order chi connectivity index (χ0) is 20.3. The summed E-state index contributed by atoms with van der Waals surface area (Å²) in [6, 6.07) is -0.579. The standard InChI is InChI=1S/C18H33NO8/c1-7-11-8(2)15(12(19-10(4)20)17(24-6)26-11)27-18-14(22)16(23-5)13(21)9(3)25-18/h8-9,11-18,21-22H,7H2,1-6H3,(H,19,20)/t8-,9?,11?,12?,13+,14?,15-,16-,17+,18-/m0/s1. The molecule has 3 N–H and O–H groups in total. The number of ether oxygens (including phenoxy) is 5. The van der Waals surface area contributed by atoms with Gasteiger partial charge in [-0.05, 0) is 13.3 Å². The maximum atomic E-state index is 11.7. The maximum Gasteiger partial charge on any atom is 0.217 e. The summed E-state index contributed by atoms with van der Waals surface area (Å²) in [6.45, 7) is 7.05. The number of methoxy groups -OCH3 is 2. The van der Waals surface area contributed by atoms with E-state index in [1.165, 1.54) is 21.1 Å². The summed E-state index contributed by atoms with van der Waals surface area (Å²) < 4.78 is 28.4. The van der Waals surface area contributed by atoms with Crippen LogP contribution in [0.4, 0.5) is 0 Å². The number of amides is 1. The number of rotatable bonds is 6. The summed E-state index contributed by atoms with van der Waals surface area (Å²) in [5.74, 6) is -0.345. The van der Waals surface area contributed by atoms with Gasteiger partial charge in [0.25, 0.3) is 0 Å². The Morgan fingerprint density at radius 3 is 2.22 bits per heavy atom. The molecule has 9 nitrogen and oxygen atoms in total. The molecule has 2 saturated heterocycles. The average Bonchev–Trinajstić information content (AvgIpc) is 2.62. The highest BCUT2D eigenvalue weighted by atomic mass is 16.7. The minimum absolute atomic E-state index is 0.0998. The molecule has 0 saturated carbocycles. The molecule has 0 spiro atoms. The summed E-state index contributed by atoms with van der Waals surface area (Å²) in [5.41, 5.74) is 0. The lowest BCUT2D eigenvalue weighted by Gasteiger charge is -2.48. The van der Waals surface area contributed by atoms with Gasteiger partial charge < -0.3 is 39.2 Å². The fourth-order valence-electron chi connectivity index (χ4n) is 3.88. The molecule has 0 aromatic rings. The number of hydrogen-bond acceptors (Lipinski definition) is 8. The molecule has 0 radical (unpaired) electrons. The van der Waals surface area contributed by atoms with Gasteiger partial charge in [0.15, 0.2) is 12.6 Å².